The van der Waals surface area contributed by atoms with Gasteiger partial charge in [0.2, 0.25) is 5.91 Å². The van der Waals surface area contributed by atoms with Crippen LogP contribution in [0.5, 0.6) is 11.5 Å². The number of nitrogens with one attached hydrogen (secondary N) is 1. The maximum atomic E-state index is 12.0. The van der Waals surface area contributed by atoms with Crippen molar-refractivity contribution >= 4 is 41.2 Å². The van der Waals surface area contributed by atoms with Crippen LogP contribution in [0.25, 0.3) is 6.08 Å². The van der Waals surface area contributed by atoms with Crippen molar-refractivity contribution in [2.24, 2.45) is 0 Å². The average Bonchev–Trinajstić information content (AvgIpc) is 2.71. The number of hydrogen-bond donors (Lipinski definition) is 1. The van der Waals surface area contributed by atoms with Gasteiger partial charge in [-0.05, 0) is 48.9 Å². The van der Waals surface area contributed by atoms with E-state index in [4.69, 9.17) is 37.4 Å². The highest BCUT2D eigenvalue weighted by Crippen LogP contribution is 2.27. The number of methoxy groups -OCH3 is 1. The normalized spacial score (nSPS) is 11.7. The molecular weight excluding hydrogens is 417 g/mol. The van der Waals surface area contributed by atoms with Gasteiger partial charge >= 0.3 is 5.97 Å². The second kappa shape index (κ2) is 11.3. The Kier molecular flexibility index (Phi) is 8.83. The van der Waals surface area contributed by atoms with Crippen LogP contribution in [0.1, 0.15) is 12.5 Å². The van der Waals surface area contributed by atoms with E-state index in [9.17, 15) is 9.59 Å². The lowest BCUT2D eigenvalue weighted by Gasteiger charge is -2.13. The summed E-state index contributed by atoms with van der Waals surface area (Å²) in [6.45, 7) is 1.67. The number of rotatable bonds is 9. The van der Waals surface area contributed by atoms with Crippen molar-refractivity contribution in [3.63, 3.8) is 0 Å². The zero-order chi connectivity index (χ0) is 21.2. The molecule has 2 aromatic rings. The Bertz CT molecular complexity index is 868. The maximum Gasteiger partial charge on any atom is 0.328 e. The van der Waals surface area contributed by atoms with Crippen molar-refractivity contribution in [2.45, 2.75) is 13.0 Å². The van der Waals surface area contributed by atoms with Crippen molar-refractivity contribution in [1.82, 2.24) is 5.32 Å². The molecule has 0 aliphatic rings. The van der Waals surface area contributed by atoms with Gasteiger partial charge in [0.05, 0.1) is 12.1 Å². The van der Waals surface area contributed by atoms with Crippen LogP contribution in [0.2, 0.25) is 10.0 Å². The summed E-state index contributed by atoms with van der Waals surface area (Å²) in [5.74, 6) is 0.193. The first-order valence-electron chi connectivity index (χ1n) is 8.76. The Morgan fingerprint density at radius 2 is 1.83 bits per heavy atom. The number of carbonyl (C=O) groups is 2. The van der Waals surface area contributed by atoms with Crippen LogP contribution in [-0.2, 0) is 14.3 Å². The molecular formula is C21H21Cl2NO5. The van der Waals surface area contributed by atoms with Crippen molar-refractivity contribution in [3.8, 4) is 11.5 Å². The summed E-state index contributed by atoms with van der Waals surface area (Å²) in [5.41, 5.74) is 0.828. The summed E-state index contributed by atoms with van der Waals surface area (Å²) in [4.78, 5) is 23.9. The molecule has 0 aliphatic heterocycles. The Balaban J connectivity index is 1.71. The Labute approximate surface area is 179 Å². The SMILES string of the molecule is COc1ccc(/C=C/C(=O)N[C@@H](C)C(=O)OCCOc2ccc(Cl)cc2Cl)cc1. The van der Waals surface area contributed by atoms with Gasteiger partial charge in [-0.15, -0.1) is 0 Å². The van der Waals surface area contributed by atoms with Crippen LogP contribution in [-0.4, -0.2) is 38.2 Å². The molecule has 1 atom stereocenters. The fourth-order valence-corrected chi connectivity index (χ4v) is 2.68. The van der Waals surface area contributed by atoms with E-state index in [1.807, 2.05) is 12.1 Å². The quantitative estimate of drug-likeness (QED) is 0.362. The van der Waals surface area contributed by atoms with E-state index in [1.54, 1.807) is 50.4 Å². The molecule has 8 heteroatoms. The maximum absolute atomic E-state index is 12.0. The van der Waals surface area contributed by atoms with Crippen LogP contribution < -0.4 is 14.8 Å². The molecule has 0 spiro atoms. The second-order valence-corrected chi connectivity index (χ2v) is 6.77. The van der Waals surface area contributed by atoms with E-state index in [-0.39, 0.29) is 13.2 Å². The molecule has 0 saturated heterocycles. The van der Waals surface area contributed by atoms with Gasteiger partial charge in [0.25, 0.3) is 0 Å². The highest BCUT2D eigenvalue weighted by molar-refractivity contribution is 6.35. The summed E-state index contributed by atoms with van der Waals surface area (Å²) >= 11 is 11.8. The van der Waals surface area contributed by atoms with E-state index in [0.717, 1.165) is 11.3 Å². The average molecular weight is 438 g/mol. The lowest BCUT2D eigenvalue weighted by Crippen LogP contribution is -2.39. The van der Waals surface area contributed by atoms with Crippen molar-refractivity contribution in [2.75, 3.05) is 20.3 Å². The third kappa shape index (κ3) is 7.68. The molecule has 29 heavy (non-hydrogen) atoms. The summed E-state index contributed by atoms with van der Waals surface area (Å²) in [6.07, 6.45) is 2.98. The molecule has 0 fully saturated rings. The first kappa shape index (κ1) is 22.6. The molecule has 0 heterocycles. The highest BCUT2D eigenvalue weighted by Gasteiger charge is 2.15. The Hall–Kier alpha value is -2.70. The standard InChI is InChI=1S/C21H21Cl2NO5/c1-14(24-20(25)10-5-15-3-7-17(27-2)8-4-15)21(26)29-12-11-28-19-9-6-16(22)13-18(19)23/h3-10,13-14H,11-12H2,1-2H3,(H,24,25)/b10-5+/t14-/m0/s1. The number of esters is 1. The molecule has 0 aromatic heterocycles. The number of hydrogen-bond acceptors (Lipinski definition) is 5. The third-order valence-corrected chi connectivity index (χ3v) is 4.26. The van der Waals surface area contributed by atoms with E-state index < -0.39 is 17.9 Å². The minimum atomic E-state index is -0.804. The van der Waals surface area contributed by atoms with Crippen LogP contribution >= 0.6 is 23.2 Å². The predicted molar refractivity (Wildman–Crippen MR) is 113 cm³/mol. The number of benzene rings is 2. The number of amides is 1. The minimum Gasteiger partial charge on any atom is -0.497 e. The summed E-state index contributed by atoms with van der Waals surface area (Å²) < 4.78 is 15.6. The smallest absolute Gasteiger partial charge is 0.328 e. The van der Waals surface area contributed by atoms with Gasteiger partial charge in [0, 0.05) is 11.1 Å². The molecule has 0 unspecified atom stereocenters. The molecule has 6 nitrogen and oxygen atoms in total. The molecule has 0 bridgehead atoms. The fourth-order valence-electron chi connectivity index (χ4n) is 2.22. The number of carbonyl (C=O) groups excluding carboxylic acids is 2. The lowest BCUT2D eigenvalue weighted by molar-refractivity contribution is -0.147. The highest BCUT2D eigenvalue weighted by atomic mass is 35.5. The van der Waals surface area contributed by atoms with Crippen LogP contribution in [0.15, 0.2) is 48.5 Å². The Morgan fingerprint density at radius 3 is 2.48 bits per heavy atom. The van der Waals surface area contributed by atoms with Crippen LogP contribution in [0.3, 0.4) is 0 Å². The molecule has 1 amide bonds. The molecule has 2 rings (SSSR count). The molecule has 0 saturated carbocycles. The third-order valence-electron chi connectivity index (χ3n) is 3.73. The molecule has 2 aromatic carbocycles. The van der Waals surface area contributed by atoms with Crippen LogP contribution in [0.4, 0.5) is 0 Å². The number of halogens is 2. The van der Waals surface area contributed by atoms with Gasteiger partial charge in [0.15, 0.2) is 0 Å². The lowest BCUT2D eigenvalue weighted by atomic mass is 10.2. The molecule has 154 valence electrons. The monoisotopic (exact) mass is 437 g/mol. The van der Waals surface area contributed by atoms with Gasteiger partial charge in [-0.3, -0.25) is 4.79 Å². The van der Waals surface area contributed by atoms with E-state index in [1.165, 1.54) is 6.08 Å². The number of ether oxygens (including phenoxy) is 3. The van der Waals surface area contributed by atoms with Gasteiger partial charge in [-0.2, -0.15) is 0 Å². The largest absolute Gasteiger partial charge is 0.497 e. The first-order chi connectivity index (χ1) is 13.9. The molecule has 1 N–H and O–H groups in total. The van der Waals surface area contributed by atoms with Crippen molar-refractivity contribution in [3.05, 3.63) is 64.1 Å². The fraction of sp³-hybridized carbons (Fsp3) is 0.238. The molecule has 0 radical (unpaired) electrons. The Morgan fingerprint density at radius 1 is 1.10 bits per heavy atom. The van der Waals surface area contributed by atoms with Gasteiger partial charge in [-0.25, -0.2) is 4.79 Å². The van der Waals surface area contributed by atoms with E-state index in [2.05, 4.69) is 5.32 Å². The van der Waals surface area contributed by atoms with E-state index in [0.29, 0.717) is 15.8 Å². The molecule has 0 aliphatic carbocycles. The second-order valence-electron chi connectivity index (χ2n) is 5.93. The zero-order valence-electron chi connectivity index (χ0n) is 16.0. The van der Waals surface area contributed by atoms with Crippen LogP contribution in [0, 0.1) is 0 Å². The summed E-state index contributed by atoms with van der Waals surface area (Å²) in [5, 5.41) is 3.41. The summed E-state index contributed by atoms with van der Waals surface area (Å²) in [7, 11) is 1.58. The van der Waals surface area contributed by atoms with E-state index >= 15 is 0 Å². The predicted octanol–water partition coefficient (Wildman–Crippen LogP) is 4.14. The van der Waals surface area contributed by atoms with Crippen molar-refractivity contribution in [1.29, 1.82) is 0 Å². The zero-order valence-corrected chi connectivity index (χ0v) is 17.5. The minimum absolute atomic E-state index is 0.0136. The first-order valence-corrected chi connectivity index (χ1v) is 9.51. The van der Waals surface area contributed by atoms with Crippen molar-refractivity contribution < 1.29 is 23.8 Å². The summed E-state index contributed by atoms with van der Waals surface area (Å²) in [6, 6.07) is 11.2. The van der Waals surface area contributed by atoms with Gasteiger partial charge < -0.3 is 19.5 Å². The van der Waals surface area contributed by atoms with Gasteiger partial charge in [-0.1, -0.05) is 35.3 Å². The van der Waals surface area contributed by atoms with Gasteiger partial charge in [0.1, 0.15) is 30.8 Å². The topological polar surface area (TPSA) is 73.9 Å².